The molecule has 2 N–H and O–H groups in total. The lowest BCUT2D eigenvalue weighted by atomic mass is 10.2. The monoisotopic (exact) mass is 269 g/mol. The van der Waals surface area contributed by atoms with Crippen molar-refractivity contribution >= 4 is 27.3 Å². The van der Waals surface area contributed by atoms with Crippen LogP contribution in [-0.4, -0.2) is 12.5 Å². The van der Waals surface area contributed by atoms with E-state index in [0.717, 1.165) is 9.35 Å². The predicted octanol–water partition coefficient (Wildman–Crippen LogP) is 2.96. The number of nitrogens with two attached hydrogens (primary N) is 1. The van der Waals surface area contributed by atoms with Gasteiger partial charge in [-0.05, 0) is 28.9 Å². The normalized spacial score (nSPS) is 12.1. The average Bonchev–Trinajstić information content (AvgIpc) is 2.30. The highest BCUT2D eigenvalue weighted by Gasteiger charge is 2.27. The Kier molecular flexibility index (Phi) is 3.43. The van der Waals surface area contributed by atoms with E-state index in [1.807, 2.05) is 6.92 Å². The molecule has 0 amide bonds. The van der Waals surface area contributed by atoms with Gasteiger partial charge in [0.15, 0.2) is 0 Å². The highest BCUT2D eigenvalue weighted by atomic mass is 79.9. The summed E-state index contributed by atoms with van der Waals surface area (Å²) < 4.78 is 26.6. The lowest BCUT2D eigenvalue weighted by Gasteiger charge is -2.11. The summed E-state index contributed by atoms with van der Waals surface area (Å²) in [5.41, 5.74) is 4.94. The second-order valence-corrected chi connectivity index (χ2v) is 5.05. The Labute approximate surface area is 88.1 Å². The molecule has 1 aromatic rings. The van der Waals surface area contributed by atoms with Crippen molar-refractivity contribution < 1.29 is 8.78 Å². The molecule has 0 aromatic carbocycles. The molecule has 0 aliphatic carbocycles. The van der Waals surface area contributed by atoms with Gasteiger partial charge in [0.25, 0.3) is 5.92 Å². The summed E-state index contributed by atoms with van der Waals surface area (Å²) in [5.74, 6) is -2.78. The molecule has 1 heterocycles. The molecule has 0 fully saturated rings. The molecule has 13 heavy (non-hydrogen) atoms. The van der Waals surface area contributed by atoms with E-state index in [2.05, 4.69) is 15.9 Å². The van der Waals surface area contributed by atoms with Crippen LogP contribution in [-0.2, 0) is 6.42 Å². The number of hydrogen-bond donors (Lipinski definition) is 1. The summed E-state index contributed by atoms with van der Waals surface area (Å²) in [5, 5.41) is 0. The van der Waals surface area contributed by atoms with E-state index < -0.39 is 12.5 Å². The molecule has 0 bridgehead atoms. The Morgan fingerprint density at radius 2 is 2.23 bits per heavy atom. The van der Waals surface area contributed by atoms with Crippen LogP contribution in [0.15, 0.2) is 10.5 Å². The predicted molar refractivity (Wildman–Crippen MR) is 54.5 cm³/mol. The van der Waals surface area contributed by atoms with Gasteiger partial charge in [-0.3, -0.25) is 0 Å². The third-order valence-electron chi connectivity index (χ3n) is 1.64. The van der Waals surface area contributed by atoms with Gasteiger partial charge < -0.3 is 5.73 Å². The van der Waals surface area contributed by atoms with E-state index in [0.29, 0.717) is 4.88 Å². The SMILES string of the molecule is Cc1sc(CC(F)(F)CN)cc1Br. The van der Waals surface area contributed by atoms with Gasteiger partial charge in [-0.1, -0.05) is 0 Å². The minimum atomic E-state index is -2.78. The molecule has 0 radical (unpaired) electrons. The van der Waals surface area contributed by atoms with Crippen molar-refractivity contribution in [2.45, 2.75) is 19.3 Å². The fraction of sp³-hybridized carbons (Fsp3) is 0.500. The first-order valence-corrected chi connectivity index (χ1v) is 5.38. The van der Waals surface area contributed by atoms with Crippen molar-refractivity contribution in [1.29, 1.82) is 0 Å². The number of aryl methyl sites for hydroxylation is 1. The summed E-state index contributed by atoms with van der Waals surface area (Å²) in [7, 11) is 0. The molecular formula is C8H10BrF2NS. The molecule has 0 spiro atoms. The Morgan fingerprint density at radius 1 is 1.62 bits per heavy atom. The molecule has 1 rings (SSSR count). The van der Waals surface area contributed by atoms with Gasteiger partial charge in [-0.25, -0.2) is 8.78 Å². The summed E-state index contributed by atoms with van der Waals surface area (Å²) in [6.45, 7) is 1.29. The van der Waals surface area contributed by atoms with Gasteiger partial charge in [0.05, 0.1) is 6.54 Å². The molecule has 0 saturated carbocycles. The van der Waals surface area contributed by atoms with Gasteiger partial charge in [-0.15, -0.1) is 11.3 Å². The molecule has 0 aliphatic heterocycles. The molecule has 5 heteroatoms. The fourth-order valence-corrected chi connectivity index (χ4v) is 2.61. The maximum absolute atomic E-state index is 12.8. The van der Waals surface area contributed by atoms with Crippen LogP contribution in [0, 0.1) is 6.92 Å². The summed E-state index contributed by atoms with van der Waals surface area (Å²) in [4.78, 5) is 1.68. The molecular weight excluding hydrogens is 260 g/mol. The molecule has 0 unspecified atom stereocenters. The number of rotatable bonds is 3. The second-order valence-electron chi connectivity index (χ2n) is 2.85. The first kappa shape index (κ1) is 11.1. The first-order valence-electron chi connectivity index (χ1n) is 3.77. The van der Waals surface area contributed by atoms with Crippen LogP contribution in [0.3, 0.4) is 0 Å². The van der Waals surface area contributed by atoms with E-state index in [4.69, 9.17) is 5.73 Å². The van der Waals surface area contributed by atoms with Gasteiger partial charge in [-0.2, -0.15) is 0 Å². The third-order valence-corrected chi connectivity index (χ3v) is 3.78. The lowest BCUT2D eigenvalue weighted by molar-refractivity contribution is 0.0123. The van der Waals surface area contributed by atoms with E-state index in [9.17, 15) is 8.78 Å². The molecule has 0 aliphatic rings. The zero-order chi connectivity index (χ0) is 10.1. The Bertz CT molecular complexity index is 279. The standard InChI is InChI=1S/C8H10BrF2NS/c1-5-7(9)2-6(13-5)3-8(10,11)4-12/h2H,3-4,12H2,1H3. The van der Waals surface area contributed by atoms with Crippen LogP contribution in [0.25, 0.3) is 0 Å². The van der Waals surface area contributed by atoms with E-state index in [1.54, 1.807) is 6.07 Å². The minimum Gasteiger partial charge on any atom is -0.325 e. The van der Waals surface area contributed by atoms with Gasteiger partial charge in [0, 0.05) is 20.6 Å². The quantitative estimate of drug-likeness (QED) is 0.897. The zero-order valence-electron chi connectivity index (χ0n) is 7.11. The fourth-order valence-electron chi connectivity index (χ4n) is 0.932. The van der Waals surface area contributed by atoms with Crippen molar-refractivity contribution in [3.63, 3.8) is 0 Å². The van der Waals surface area contributed by atoms with E-state index in [-0.39, 0.29) is 6.42 Å². The smallest absolute Gasteiger partial charge is 0.264 e. The van der Waals surface area contributed by atoms with Crippen molar-refractivity contribution in [1.82, 2.24) is 0 Å². The highest BCUT2D eigenvalue weighted by Crippen LogP contribution is 2.30. The zero-order valence-corrected chi connectivity index (χ0v) is 9.51. The van der Waals surface area contributed by atoms with E-state index in [1.165, 1.54) is 11.3 Å². The van der Waals surface area contributed by atoms with Gasteiger partial charge in [0.1, 0.15) is 0 Å². The van der Waals surface area contributed by atoms with Gasteiger partial charge in [0.2, 0.25) is 0 Å². The first-order chi connectivity index (χ1) is 5.94. The molecule has 74 valence electrons. The number of alkyl halides is 2. The Hall–Kier alpha value is -0.0000000000000000555. The van der Waals surface area contributed by atoms with E-state index >= 15 is 0 Å². The van der Waals surface area contributed by atoms with Crippen molar-refractivity contribution in [3.05, 3.63) is 20.3 Å². The molecule has 1 aromatic heterocycles. The number of thiophene rings is 1. The lowest BCUT2D eigenvalue weighted by Crippen LogP contribution is -2.29. The molecule has 0 atom stereocenters. The largest absolute Gasteiger partial charge is 0.325 e. The Morgan fingerprint density at radius 3 is 2.62 bits per heavy atom. The minimum absolute atomic E-state index is 0.263. The Balaban J connectivity index is 2.75. The van der Waals surface area contributed by atoms with Crippen LogP contribution in [0.4, 0.5) is 8.78 Å². The van der Waals surface area contributed by atoms with Crippen LogP contribution in [0.1, 0.15) is 9.75 Å². The third kappa shape index (κ3) is 3.00. The molecule has 0 saturated heterocycles. The average molecular weight is 270 g/mol. The number of hydrogen-bond acceptors (Lipinski definition) is 2. The number of halogens is 3. The van der Waals surface area contributed by atoms with Crippen LogP contribution < -0.4 is 5.73 Å². The van der Waals surface area contributed by atoms with Crippen molar-refractivity contribution in [3.8, 4) is 0 Å². The summed E-state index contributed by atoms with van der Waals surface area (Å²) >= 11 is 4.65. The topological polar surface area (TPSA) is 26.0 Å². The van der Waals surface area contributed by atoms with Crippen molar-refractivity contribution in [2.24, 2.45) is 5.73 Å². The van der Waals surface area contributed by atoms with Crippen LogP contribution >= 0.6 is 27.3 Å². The van der Waals surface area contributed by atoms with Crippen LogP contribution in [0.5, 0.6) is 0 Å². The highest BCUT2D eigenvalue weighted by molar-refractivity contribution is 9.10. The maximum Gasteiger partial charge on any atom is 0.264 e. The van der Waals surface area contributed by atoms with Gasteiger partial charge >= 0.3 is 0 Å². The second kappa shape index (κ2) is 4.02. The van der Waals surface area contributed by atoms with Crippen LogP contribution in [0.2, 0.25) is 0 Å². The van der Waals surface area contributed by atoms with Crippen molar-refractivity contribution in [2.75, 3.05) is 6.54 Å². The molecule has 1 nitrogen and oxygen atoms in total. The summed E-state index contributed by atoms with van der Waals surface area (Å²) in [6, 6.07) is 1.73. The maximum atomic E-state index is 12.8. The summed E-state index contributed by atoms with van der Waals surface area (Å²) in [6.07, 6.45) is -0.263.